The van der Waals surface area contributed by atoms with Crippen molar-refractivity contribution in [1.82, 2.24) is 0 Å². The van der Waals surface area contributed by atoms with Gasteiger partial charge in [-0.15, -0.1) is 0 Å². The number of benzene rings is 1. The summed E-state index contributed by atoms with van der Waals surface area (Å²) in [6.07, 6.45) is 0. The van der Waals surface area contributed by atoms with Gasteiger partial charge in [-0.05, 0) is 25.0 Å². The van der Waals surface area contributed by atoms with Gasteiger partial charge < -0.3 is 9.84 Å². The van der Waals surface area contributed by atoms with Gasteiger partial charge in [0.25, 0.3) is 0 Å². The van der Waals surface area contributed by atoms with Crippen LogP contribution in [0.1, 0.15) is 19.4 Å². The van der Waals surface area contributed by atoms with Crippen LogP contribution in [0.25, 0.3) is 0 Å². The van der Waals surface area contributed by atoms with E-state index >= 15 is 0 Å². The first kappa shape index (κ1) is 12.1. The van der Waals surface area contributed by atoms with E-state index in [9.17, 15) is 0 Å². The molecule has 2 heteroatoms. The minimum Gasteiger partial charge on any atom is -0.493 e. The Kier molecular flexibility index (Phi) is 4.63. The first-order chi connectivity index (χ1) is 7.13. The summed E-state index contributed by atoms with van der Waals surface area (Å²) in [5, 5.41) is 9.14. The molecule has 1 aromatic carbocycles. The number of hydrogen-bond donors (Lipinski definition) is 1. The third-order valence-electron chi connectivity index (χ3n) is 2.66. The van der Waals surface area contributed by atoms with E-state index in [1.807, 2.05) is 24.3 Å². The van der Waals surface area contributed by atoms with E-state index in [0.717, 1.165) is 5.75 Å². The van der Waals surface area contributed by atoms with Gasteiger partial charge in [0.1, 0.15) is 5.75 Å². The third kappa shape index (κ3) is 3.92. The van der Waals surface area contributed by atoms with E-state index in [0.29, 0.717) is 12.5 Å². The molecule has 1 N–H and O–H groups in total. The van der Waals surface area contributed by atoms with Crippen LogP contribution >= 0.6 is 0 Å². The quantitative estimate of drug-likeness (QED) is 0.806. The zero-order valence-corrected chi connectivity index (χ0v) is 9.73. The maximum atomic E-state index is 9.14. The average Bonchev–Trinajstić information content (AvgIpc) is 2.21. The molecule has 84 valence electrons. The van der Waals surface area contributed by atoms with Crippen LogP contribution in [-0.2, 0) is 0 Å². The zero-order chi connectivity index (χ0) is 11.3. The molecule has 0 amide bonds. The zero-order valence-electron chi connectivity index (χ0n) is 9.73. The number of ether oxygens (including phenoxy) is 1. The van der Waals surface area contributed by atoms with E-state index in [4.69, 9.17) is 9.84 Å². The Morgan fingerprint density at radius 3 is 2.27 bits per heavy atom. The number of aliphatic hydroxyl groups excluding tert-OH is 1. The van der Waals surface area contributed by atoms with Gasteiger partial charge in [0.2, 0.25) is 0 Å². The fourth-order valence-corrected chi connectivity index (χ4v) is 1.29. The smallest absolute Gasteiger partial charge is 0.119 e. The summed E-state index contributed by atoms with van der Waals surface area (Å²) in [6.45, 7) is 7.01. The van der Waals surface area contributed by atoms with Crippen LogP contribution in [0.5, 0.6) is 5.75 Å². The van der Waals surface area contributed by atoms with Gasteiger partial charge in [0.15, 0.2) is 0 Å². The lowest BCUT2D eigenvalue weighted by Gasteiger charge is -2.18. The molecule has 0 radical (unpaired) electrons. The van der Waals surface area contributed by atoms with Gasteiger partial charge in [-0.2, -0.15) is 0 Å². The van der Waals surface area contributed by atoms with E-state index in [1.165, 1.54) is 5.56 Å². The van der Waals surface area contributed by atoms with Crippen molar-refractivity contribution in [3.8, 4) is 5.75 Å². The second-order valence-electron chi connectivity index (χ2n) is 4.31. The Hall–Kier alpha value is -1.02. The molecular formula is C13H20O2. The maximum absolute atomic E-state index is 9.14. The molecule has 1 rings (SSSR count). The fourth-order valence-electron chi connectivity index (χ4n) is 1.29. The summed E-state index contributed by atoms with van der Waals surface area (Å²) in [6, 6.07) is 7.98. The van der Waals surface area contributed by atoms with Crippen LogP contribution < -0.4 is 4.74 Å². The number of aliphatic hydroxyl groups is 1. The number of aryl methyl sites for hydroxylation is 1. The highest BCUT2D eigenvalue weighted by molar-refractivity contribution is 5.26. The normalized spacial score (nSPS) is 12.9. The average molecular weight is 208 g/mol. The highest BCUT2D eigenvalue weighted by Gasteiger charge is 2.12. The van der Waals surface area contributed by atoms with Crippen LogP contribution in [0.4, 0.5) is 0 Å². The second-order valence-corrected chi connectivity index (χ2v) is 4.31. The molecule has 0 aromatic heterocycles. The first-order valence-corrected chi connectivity index (χ1v) is 5.43. The molecule has 0 aliphatic rings. The van der Waals surface area contributed by atoms with Crippen molar-refractivity contribution in [1.29, 1.82) is 0 Å². The Morgan fingerprint density at radius 2 is 1.80 bits per heavy atom. The lowest BCUT2D eigenvalue weighted by Crippen LogP contribution is -2.21. The summed E-state index contributed by atoms with van der Waals surface area (Å²) in [7, 11) is 0. The van der Waals surface area contributed by atoms with E-state index in [-0.39, 0.29) is 12.5 Å². The van der Waals surface area contributed by atoms with E-state index in [2.05, 4.69) is 20.8 Å². The maximum Gasteiger partial charge on any atom is 0.119 e. The molecule has 0 saturated heterocycles. The summed E-state index contributed by atoms with van der Waals surface area (Å²) >= 11 is 0. The topological polar surface area (TPSA) is 29.5 Å². The molecule has 0 aliphatic carbocycles. The minimum atomic E-state index is 0.184. The molecular weight excluding hydrogens is 188 g/mol. The van der Waals surface area contributed by atoms with Gasteiger partial charge in [-0.3, -0.25) is 0 Å². The minimum absolute atomic E-state index is 0.184. The van der Waals surface area contributed by atoms with Crippen molar-refractivity contribution >= 4 is 0 Å². The number of rotatable bonds is 5. The lowest BCUT2D eigenvalue weighted by atomic mass is 9.98. The number of hydrogen-bond acceptors (Lipinski definition) is 2. The van der Waals surface area contributed by atoms with Gasteiger partial charge >= 0.3 is 0 Å². The monoisotopic (exact) mass is 208 g/mol. The van der Waals surface area contributed by atoms with Crippen LogP contribution in [0.2, 0.25) is 0 Å². The van der Waals surface area contributed by atoms with Gasteiger partial charge in [0.05, 0.1) is 6.61 Å². The Labute approximate surface area is 91.9 Å². The molecule has 0 fully saturated rings. The first-order valence-electron chi connectivity index (χ1n) is 5.43. The summed E-state index contributed by atoms with van der Waals surface area (Å²) in [5.41, 5.74) is 1.23. The van der Waals surface area contributed by atoms with Crippen molar-refractivity contribution in [2.24, 2.45) is 11.8 Å². The van der Waals surface area contributed by atoms with Crippen molar-refractivity contribution in [3.63, 3.8) is 0 Å². The second kappa shape index (κ2) is 5.76. The Morgan fingerprint density at radius 1 is 1.20 bits per heavy atom. The third-order valence-corrected chi connectivity index (χ3v) is 2.66. The highest BCUT2D eigenvalue weighted by Crippen LogP contribution is 2.15. The molecule has 1 unspecified atom stereocenters. The Bertz CT molecular complexity index is 277. The van der Waals surface area contributed by atoms with Gasteiger partial charge in [-0.1, -0.05) is 31.5 Å². The molecule has 0 spiro atoms. The van der Waals surface area contributed by atoms with Gasteiger partial charge in [-0.25, -0.2) is 0 Å². The van der Waals surface area contributed by atoms with Crippen molar-refractivity contribution in [3.05, 3.63) is 29.8 Å². The summed E-state index contributed by atoms with van der Waals surface area (Å²) in [5.74, 6) is 1.53. The molecule has 15 heavy (non-hydrogen) atoms. The van der Waals surface area contributed by atoms with Crippen LogP contribution in [0.15, 0.2) is 24.3 Å². The summed E-state index contributed by atoms with van der Waals surface area (Å²) in [4.78, 5) is 0. The van der Waals surface area contributed by atoms with Crippen molar-refractivity contribution in [2.75, 3.05) is 13.2 Å². The standard InChI is InChI=1S/C13H20O2/c1-10(2)12(8-14)9-15-13-6-4-11(3)5-7-13/h4-7,10,12,14H,8-9H2,1-3H3. The van der Waals surface area contributed by atoms with Crippen molar-refractivity contribution < 1.29 is 9.84 Å². The Balaban J connectivity index is 2.45. The molecule has 2 nitrogen and oxygen atoms in total. The van der Waals surface area contributed by atoms with E-state index < -0.39 is 0 Å². The highest BCUT2D eigenvalue weighted by atomic mass is 16.5. The van der Waals surface area contributed by atoms with Crippen LogP contribution in [0.3, 0.4) is 0 Å². The largest absolute Gasteiger partial charge is 0.493 e. The van der Waals surface area contributed by atoms with Crippen LogP contribution in [-0.4, -0.2) is 18.3 Å². The molecule has 1 atom stereocenters. The SMILES string of the molecule is Cc1ccc(OCC(CO)C(C)C)cc1. The lowest BCUT2D eigenvalue weighted by molar-refractivity contribution is 0.130. The molecule has 0 bridgehead atoms. The van der Waals surface area contributed by atoms with E-state index in [1.54, 1.807) is 0 Å². The predicted octanol–water partition coefficient (Wildman–Crippen LogP) is 2.64. The predicted molar refractivity (Wildman–Crippen MR) is 62.1 cm³/mol. The molecule has 0 saturated carbocycles. The molecule has 0 heterocycles. The molecule has 0 aliphatic heterocycles. The van der Waals surface area contributed by atoms with Crippen molar-refractivity contribution in [2.45, 2.75) is 20.8 Å². The van der Waals surface area contributed by atoms with Gasteiger partial charge in [0, 0.05) is 12.5 Å². The van der Waals surface area contributed by atoms with Crippen LogP contribution in [0, 0.1) is 18.8 Å². The summed E-state index contributed by atoms with van der Waals surface area (Å²) < 4.78 is 5.62. The molecule has 1 aromatic rings. The fraction of sp³-hybridized carbons (Fsp3) is 0.538.